The Kier molecular flexibility index (Phi) is 3.84. The fourth-order valence-corrected chi connectivity index (χ4v) is 2.61. The van der Waals surface area contributed by atoms with Crippen LogP contribution in [0.25, 0.3) is 10.6 Å². The number of carboxylic acids is 1. The van der Waals surface area contributed by atoms with Crippen LogP contribution in [0.2, 0.25) is 0 Å². The number of thiazole rings is 1. The monoisotopic (exact) mass is 315 g/mol. The number of ether oxygens (including phenoxy) is 1. The van der Waals surface area contributed by atoms with E-state index < -0.39 is 5.97 Å². The molecule has 0 amide bonds. The van der Waals surface area contributed by atoms with E-state index in [1.807, 2.05) is 0 Å². The molecule has 0 aliphatic heterocycles. The SMILES string of the molecule is O=C(O)c1csc(-c2ccc(Oc3ccc(F)cc3)cc2)n1. The number of hydrogen-bond acceptors (Lipinski definition) is 4. The summed E-state index contributed by atoms with van der Waals surface area (Å²) >= 11 is 1.27. The summed E-state index contributed by atoms with van der Waals surface area (Å²) in [5.41, 5.74) is 0.843. The van der Waals surface area contributed by atoms with Gasteiger partial charge in [-0.15, -0.1) is 11.3 Å². The zero-order valence-electron chi connectivity index (χ0n) is 11.2. The van der Waals surface area contributed by atoms with Crippen molar-refractivity contribution in [1.82, 2.24) is 4.98 Å². The van der Waals surface area contributed by atoms with Crippen molar-refractivity contribution >= 4 is 17.3 Å². The highest BCUT2D eigenvalue weighted by Crippen LogP contribution is 2.28. The maximum absolute atomic E-state index is 12.8. The first-order valence-electron chi connectivity index (χ1n) is 6.34. The Morgan fingerprint density at radius 1 is 1.05 bits per heavy atom. The molecule has 0 spiro atoms. The number of benzene rings is 2. The lowest BCUT2D eigenvalue weighted by molar-refractivity contribution is 0.0691. The van der Waals surface area contributed by atoms with Crippen LogP contribution in [0.15, 0.2) is 53.9 Å². The molecule has 0 radical (unpaired) electrons. The van der Waals surface area contributed by atoms with Crippen LogP contribution in [-0.4, -0.2) is 16.1 Å². The second kappa shape index (κ2) is 5.95. The van der Waals surface area contributed by atoms with Gasteiger partial charge in [-0.3, -0.25) is 0 Å². The summed E-state index contributed by atoms with van der Waals surface area (Å²) in [6.45, 7) is 0. The van der Waals surface area contributed by atoms with E-state index in [2.05, 4.69) is 4.98 Å². The molecule has 6 heteroatoms. The number of carboxylic acid groups (broad SMARTS) is 1. The molecule has 0 fully saturated rings. The highest BCUT2D eigenvalue weighted by atomic mass is 32.1. The molecule has 3 rings (SSSR count). The minimum atomic E-state index is -1.04. The Balaban J connectivity index is 1.77. The van der Waals surface area contributed by atoms with E-state index in [4.69, 9.17) is 9.84 Å². The molecule has 3 aromatic rings. The number of nitrogens with zero attached hydrogens (tertiary/aromatic N) is 1. The highest BCUT2D eigenvalue weighted by Gasteiger charge is 2.10. The van der Waals surface area contributed by atoms with Gasteiger partial charge in [0.05, 0.1) is 0 Å². The normalized spacial score (nSPS) is 10.4. The second-order valence-electron chi connectivity index (χ2n) is 4.42. The number of rotatable bonds is 4. The fourth-order valence-electron chi connectivity index (χ4n) is 1.81. The smallest absolute Gasteiger partial charge is 0.355 e. The lowest BCUT2D eigenvalue weighted by Gasteiger charge is -2.06. The van der Waals surface area contributed by atoms with Crippen molar-refractivity contribution < 1.29 is 19.0 Å². The Labute approximate surface area is 129 Å². The quantitative estimate of drug-likeness (QED) is 0.773. The van der Waals surface area contributed by atoms with Crippen molar-refractivity contribution in [2.75, 3.05) is 0 Å². The molecule has 1 N–H and O–H groups in total. The average molecular weight is 315 g/mol. The van der Waals surface area contributed by atoms with Crippen LogP contribution in [0.1, 0.15) is 10.5 Å². The van der Waals surface area contributed by atoms with E-state index in [1.165, 1.54) is 28.8 Å². The van der Waals surface area contributed by atoms with Crippen molar-refractivity contribution in [2.24, 2.45) is 0 Å². The van der Waals surface area contributed by atoms with Crippen molar-refractivity contribution in [3.63, 3.8) is 0 Å². The van der Waals surface area contributed by atoms with E-state index in [0.29, 0.717) is 16.5 Å². The standard InChI is InChI=1S/C16H10FNO3S/c17-11-3-7-13(8-4-11)21-12-5-1-10(2-6-12)15-18-14(9-22-15)16(19)20/h1-9H,(H,19,20). The van der Waals surface area contributed by atoms with Crippen LogP contribution in [0, 0.1) is 5.82 Å². The van der Waals surface area contributed by atoms with Gasteiger partial charge in [-0.2, -0.15) is 0 Å². The predicted molar refractivity (Wildman–Crippen MR) is 81.0 cm³/mol. The van der Waals surface area contributed by atoms with Crippen molar-refractivity contribution in [1.29, 1.82) is 0 Å². The van der Waals surface area contributed by atoms with Gasteiger partial charge < -0.3 is 9.84 Å². The molecule has 0 bridgehead atoms. The third-order valence-electron chi connectivity index (χ3n) is 2.87. The zero-order valence-corrected chi connectivity index (χ0v) is 12.0. The zero-order chi connectivity index (χ0) is 15.5. The highest BCUT2D eigenvalue weighted by molar-refractivity contribution is 7.13. The topological polar surface area (TPSA) is 59.4 Å². The molecule has 0 aliphatic carbocycles. The van der Waals surface area contributed by atoms with Gasteiger partial charge in [0.1, 0.15) is 22.3 Å². The number of aromatic carboxylic acids is 1. The van der Waals surface area contributed by atoms with Gasteiger partial charge in [-0.25, -0.2) is 14.2 Å². The van der Waals surface area contributed by atoms with E-state index in [0.717, 1.165) is 5.56 Å². The molecular weight excluding hydrogens is 305 g/mol. The maximum atomic E-state index is 12.8. The molecule has 0 atom stereocenters. The number of carbonyl (C=O) groups is 1. The number of halogens is 1. The van der Waals surface area contributed by atoms with Crippen molar-refractivity contribution in [3.05, 3.63) is 65.4 Å². The van der Waals surface area contributed by atoms with E-state index in [9.17, 15) is 9.18 Å². The van der Waals surface area contributed by atoms with Crippen LogP contribution >= 0.6 is 11.3 Å². The van der Waals surface area contributed by atoms with Crippen molar-refractivity contribution in [2.45, 2.75) is 0 Å². The summed E-state index contributed by atoms with van der Waals surface area (Å²) < 4.78 is 18.4. The number of hydrogen-bond donors (Lipinski definition) is 1. The molecular formula is C16H10FNO3S. The fraction of sp³-hybridized carbons (Fsp3) is 0. The summed E-state index contributed by atoms with van der Waals surface area (Å²) in [7, 11) is 0. The van der Waals surface area contributed by atoms with Gasteiger partial charge in [0.25, 0.3) is 0 Å². The summed E-state index contributed by atoms with van der Waals surface area (Å²) in [6, 6.07) is 12.8. The maximum Gasteiger partial charge on any atom is 0.355 e. The van der Waals surface area contributed by atoms with Crippen LogP contribution < -0.4 is 4.74 Å². The van der Waals surface area contributed by atoms with Crippen LogP contribution in [0.3, 0.4) is 0 Å². The lowest BCUT2D eigenvalue weighted by atomic mass is 10.2. The van der Waals surface area contributed by atoms with E-state index in [1.54, 1.807) is 36.4 Å². The largest absolute Gasteiger partial charge is 0.476 e. The molecule has 0 saturated carbocycles. The molecule has 1 heterocycles. The second-order valence-corrected chi connectivity index (χ2v) is 5.28. The minimum Gasteiger partial charge on any atom is -0.476 e. The van der Waals surface area contributed by atoms with E-state index in [-0.39, 0.29) is 11.5 Å². The molecule has 2 aromatic carbocycles. The van der Waals surface area contributed by atoms with Gasteiger partial charge in [0.2, 0.25) is 0 Å². The van der Waals surface area contributed by atoms with Crippen LogP contribution in [-0.2, 0) is 0 Å². The number of aromatic nitrogens is 1. The molecule has 4 nitrogen and oxygen atoms in total. The third kappa shape index (κ3) is 3.12. The average Bonchev–Trinajstić information content (AvgIpc) is 3.00. The lowest BCUT2D eigenvalue weighted by Crippen LogP contribution is -1.95. The van der Waals surface area contributed by atoms with Gasteiger partial charge in [0, 0.05) is 10.9 Å². The molecule has 0 aliphatic rings. The molecule has 110 valence electrons. The van der Waals surface area contributed by atoms with Crippen molar-refractivity contribution in [3.8, 4) is 22.1 Å². The van der Waals surface area contributed by atoms with Gasteiger partial charge in [0.15, 0.2) is 5.69 Å². The van der Waals surface area contributed by atoms with E-state index >= 15 is 0 Å². The van der Waals surface area contributed by atoms with Gasteiger partial charge in [-0.05, 0) is 48.5 Å². The van der Waals surface area contributed by atoms with Gasteiger partial charge in [-0.1, -0.05) is 0 Å². The Bertz CT molecular complexity index is 797. The first kappa shape index (κ1) is 14.2. The third-order valence-corrected chi connectivity index (χ3v) is 3.77. The molecule has 0 saturated heterocycles. The molecule has 22 heavy (non-hydrogen) atoms. The Hall–Kier alpha value is -2.73. The minimum absolute atomic E-state index is 0.0339. The summed E-state index contributed by atoms with van der Waals surface area (Å²) in [6.07, 6.45) is 0. The molecule has 0 unspecified atom stereocenters. The Morgan fingerprint density at radius 3 is 2.18 bits per heavy atom. The van der Waals surface area contributed by atoms with Crippen LogP contribution in [0.5, 0.6) is 11.5 Å². The summed E-state index contributed by atoms with van der Waals surface area (Å²) in [4.78, 5) is 14.9. The Morgan fingerprint density at radius 2 is 1.64 bits per heavy atom. The van der Waals surface area contributed by atoms with Gasteiger partial charge >= 0.3 is 5.97 Å². The first-order chi connectivity index (χ1) is 10.6. The van der Waals surface area contributed by atoms with Crippen LogP contribution in [0.4, 0.5) is 4.39 Å². The summed E-state index contributed by atoms with van der Waals surface area (Å²) in [5.74, 6) is -0.221. The predicted octanol–water partition coefficient (Wildman–Crippen LogP) is 4.44. The molecule has 1 aromatic heterocycles. The first-order valence-corrected chi connectivity index (χ1v) is 7.22. The summed E-state index contributed by atoms with van der Waals surface area (Å²) in [5, 5.41) is 11.0.